The van der Waals surface area contributed by atoms with Crippen LogP contribution in [-0.4, -0.2) is 20.6 Å². The van der Waals surface area contributed by atoms with Gasteiger partial charge in [-0.05, 0) is 37.6 Å². The molecule has 0 aliphatic rings. The normalized spacial score (nSPS) is 11.7. The number of halogens is 1. The van der Waals surface area contributed by atoms with Gasteiger partial charge in [0, 0.05) is 22.3 Å². The van der Waals surface area contributed by atoms with Crippen LogP contribution in [0.5, 0.6) is 0 Å². The van der Waals surface area contributed by atoms with E-state index in [-0.39, 0.29) is 23.1 Å². The summed E-state index contributed by atoms with van der Waals surface area (Å²) in [6.07, 6.45) is 0. The zero-order chi connectivity index (χ0) is 21.1. The second kappa shape index (κ2) is 8.36. The van der Waals surface area contributed by atoms with Crippen LogP contribution < -0.4 is 10.7 Å². The number of amides is 1. The highest BCUT2D eigenvalue weighted by Gasteiger charge is 2.21. The molecule has 0 spiro atoms. The number of rotatable bonds is 5. The average molecular weight is 457 g/mol. The van der Waals surface area contributed by atoms with Crippen LogP contribution >= 0.6 is 15.9 Å². The van der Waals surface area contributed by atoms with Gasteiger partial charge in [0.1, 0.15) is 5.69 Å². The van der Waals surface area contributed by atoms with Gasteiger partial charge in [-0.25, -0.2) is 4.68 Å². The zero-order valence-corrected chi connectivity index (χ0v) is 17.2. The van der Waals surface area contributed by atoms with Crippen molar-refractivity contribution in [1.82, 2.24) is 15.1 Å². The quantitative estimate of drug-likeness (QED) is 0.465. The Morgan fingerprint density at radius 3 is 2.52 bits per heavy atom. The molecule has 1 N–H and O–H groups in total. The van der Waals surface area contributed by atoms with Crippen molar-refractivity contribution in [3.63, 3.8) is 0 Å². The molecule has 0 aliphatic carbocycles. The SMILES string of the molecule is Cc1cc(=O)c(C(=O)NC(C)c2ccc(Br)cc2)nn1-c1ccccc1[N+](=O)[O-]. The molecule has 1 unspecified atom stereocenters. The molecule has 0 fully saturated rings. The smallest absolute Gasteiger partial charge is 0.294 e. The van der Waals surface area contributed by atoms with E-state index in [1.807, 2.05) is 24.3 Å². The molecule has 3 rings (SSSR count). The van der Waals surface area contributed by atoms with Crippen molar-refractivity contribution < 1.29 is 9.72 Å². The first-order chi connectivity index (χ1) is 13.8. The Hall–Kier alpha value is -3.33. The van der Waals surface area contributed by atoms with E-state index < -0.39 is 16.3 Å². The van der Waals surface area contributed by atoms with Crippen molar-refractivity contribution in [2.75, 3.05) is 0 Å². The van der Waals surface area contributed by atoms with Crippen molar-refractivity contribution in [2.45, 2.75) is 19.9 Å². The summed E-state index contributed by atoms with van der Waals surface area (Å²) in [6, 6.07) is 14.3. The molecule has 0 saturated heterocycles. The Bertz CT molecular complexity index is 1140. The van der Waals surface area contributed by atoms with Gasteiger partial charge in [-0.1, -0.05) is 40.2 Å². The maximum absolute atomic E-state index is 12.7. The number of nitro benzene ring substituents is 1. The molecule has 0 saturated carbocycles. The molecule has 2 aromatic carbocycles. The van der Waals surface area contributed by atoms with Crippen molar-refractivity contribution >= 4 is 27.5 Å². The van der Waals surface area contributed by atoms with Gasteiger partial charge in [0.05, 0.1) is 11.0 Å². The number of hydrogen-bond acceptors (Lipinski definition) is 5. The second-order valence-electron chi connectivity index (χ2n) is 6.40. The Morgan fingerprint density at radius 1 is 1.21 bits per heavy atom. The fourth-order valence-electron chi connectivity index (χ4n) is 2.85. The maximum atomic E-state index is 12.7. The number of para-hydroxylation sites is 2. The molecular weight excluding hydrogens is 440 g/mol. The molecule has 148 valence electrons. The van der Waals surface area contributed by atoms with Gasteiger partial charge < -0.3 is 5.32 Å². The maximum Gasteiger partial charge on any atom is 0.294 e. The van der Waals surface area contributed by atoms with Gasteiger partial charge >= 0.3 is 0 Å². The van der Waals surface area contributed by atoms with Crippen molar-refractivity contribution in [3.8, 4) is 5.69 Å². The first kappa shape index (κ1) is 20.4. The molecule has 0 bridgehead atoms. The predicted octanol–water partition coefficient (Wildman–Crippen LogP) is 3.70. The third-order valence-corrected chi connectivity index (χ3v) is 4.88. The summed E-state index contributed by atoms with van der Waals surface area (Å²) in [4.78, 5) is 35.9. The lowest BCUT2D eigenvalue weighted by molar-refractivity contribution is -0.384. The number of nitrogens with one attached hydrogen (secondary N) is 1. The Labute approximate surface area is 174 Å². The summed E-state index contributed by atoms with van der Waals surface area (Å²) >= 11 is 3.36. The first-order valence-electron chi connectivity index (χ1n) is 8.69. The number of hydrogen-bond donors (Lipinski definition) is 1. The first-order valence-corrected chi connectivity index (χ1v) is 9.48. The van der Waals surface area contributed by atoms with Crippen LogP contribution in [0.15, 0.2) is 63.9 Å². The highest BCUT2D eigenvalue weighted by molar-refractivity contribution is 9.10. The van der Waals surface area contributed by atoms with Crippen LogP contribution in [-0.2, 0) is 0 Å². The fourth-order valence-corrected chi connectivity index (χ4v) is 3.11. The largest absolute Gasteiger partial charge is 0.344 e. The van der Waals surface area contributed by atoms with Gasteiger partial charge in [0.15, 0.2) is 5.69 Å². The lowest BCUT2D eigenvalue weighted by Gasteiger charge is -2.15. The summed E-state index contributed by atoms with van der Waals surface area (Å²) in [5.41, 5.74) is 0.330. The van der Waals surface area contributed by atoms with E-state index in [4.69, 9.17) is 0 Å². The molecule has 1 amide bonds. The molecule has 3 aromatic rings. The molecule has 1 heterocycles. The minimum atomic E-state index is -0.655. The van der Waals surface area contributed by atoms with E-state index in [1.165, 1.54) is 28.9 Å². The van der Waals surface area contributed by atoms with Crippen molar-refractivity contribution in [1.29, 1.82) is 0 Å². The van der Waals surface area contributed by atoms with Gasteiger partial charge in [-0.3, -0.25) is 19.7 Å². The number of benzene rings is 2. The molecule has 9 heteroatoms. The fraction of sp³-hybridized carbons (Fsp3) is 0.150. The van der Waals surface area contributed by atoms with E-state index in [0.29, 0.717) is 5.69 Å². The minimum Gasteiger partial charge on any atom is -0.344 e. The number of nitro groups is 1. The topological polar surface area (TPSA) is 107 Å². The molecule has 29 heavy (non-hydrogen) atoms. The second-order valence-corrected chi connectivity index (χ2v) is 7.32. The zero-order valence-electron chi connectivity index (χ0n) is 15.6. The van der Waals surface area contributed by atoms with Gasteiger partial charge in [0.2, 0.25) is 5.43 Å². The summed E-state index contributed by atoms with van der Waals surface area (Å²) in [7, 11) is 0. The summed E-state index contributed by atoms with van der Waals surface area (Å²) in [5.74, 6) is -0.655. The Kier molecular flexibility index (Phi) is 5.88. The molecule has 0 radical (unpaired) electrons. The van der Waals surface area contributed by atoms with Gasteiger partial charge in [-0.15, -0.1) is 0 Å². The van der Waals surface area contributed by atoms with Gasteiger partial charge in [0.25, 0.3) is 11.6 Å². The highest BCUT2D eigenvalue weighted by atomic mass is 79.9. The molecule has 8 nitrogen and oxygen atoms in total. The van der Waals surface area contributed by atoms with E-state index in [0.717, 1.165) is 10.0 Å². The summed E-state index contributed by atoms with van der Waals surface area (Å²) in [5, 5.41) is 18.2. The average Bonchev–Trinajstić information content (AvgIpc) is 2.68. The van der Waals surface area contributed by atoms with Crippen molar-refractivity contribution in [3.05, 3.63) is 96.4 Å². The predicted molar refractivity (Wildman–Crippen MR) is 111 cm³/mol. The lowest BCUT2D eigenvalue weighted by atomic mass is 10.1. The van der Waals surface area contributed by atoms with Crippen LogP contribution in [0.2, 0.25) is 0 Å². The standard InChI is InChI=1S/C20H17BrN4O4/c1-12-11-18(26)19(20(27)22-13(2)14-7-9-15(21)10-8-14)23-24(12)16-5-3-4-6-17(16)25(28)29/h3-11,13H,1-2H3,(H,22,27). The van der Waals surface area contributed by atoms with Crippen molar-refractivity contribution in [2.24, 2.45) is 0 Å². The number of aryl methyl sites for hydroxylation is 1. The van der Waals surface area contributed by atoms with E-state index in [2.05, 4.69) is 26.3 Å². The number of carbonyl (C=O) groups excluding carboxylic acids is 1. The number of carbonyl (C=O) groups is 1. The van der Waals surface area contributed by atoms with Crippen LogP contribution in [0.1, 0.15) is 34.7 Å². The van der Waals surface area contributed by atoms with Crippen LogP contribution in [0.3, 0.4) is 0 Å². The monoisotopic (exact) mass is 456 g/mol. The molecule has 1 atom stereocenters. The lowest BCUT2D eigenvalue weighted by Crippen LogP contribution is -2.33. The van der Waals surface area contributed by atoms with E-state index in [1.54, 1.807) is 19.9 Å². The third-order valence-electron chi connectivity index (χ3n) is 4.35. The molecular formula is C20H17BrN4O4. The molecule has 1 aromatic heterocycles. The third kappa shape index (κ3) is 4.40. The van der Waals surface area contributed by atoms with E-state index in [9.17, 15) is 19.7 Å². The van der Waals surface area contributed by atoms with E-state index >= 15 is 0 Å². The Morgan fingerprint density at radius 2 is 1.86 bits per heavy atom. The molecule has 0 aliphatic heterocycles. The summed E-state index contributed by atoms with van der Waals surface area (Å²) in [6.45, 7) is 3.38. The summed E-state index contributed by atoms with van der Waals surface area (Å²) < 4.78 is 2.14. The number of nitrogens with zero attached hydrogens (tertiary/aromatic N) is 3. The minimum absolute atomic E-state index is 0.171. The Balaban J connectivity index is 1.97. The van der Waals surface area contributed by atoms with Gasteiger partial charge in [-0.2, -0.15) is 5.10 Å². The number of aromatic nitrogens is 2. The van der Waals surface area contributed by atoms with Crippen LogP contribution in [0.4, 0.5) is 5.69 Å². The highest BCUT2D eigenvalue weighted by Crippen LogP contribution is 2.22. The van der Waals surface area contributed by atoms with Crippen LogP contribution in [0, 0.1) is 17.0 Å². The van der Waals surface area contributed by atoms with Crippen LogP contribution in [0.25, 0.3) is 5.69 Å².